The van der Waals surface area contributed by atoms with Crippen LogP contribution in [-0.4, -0.2) is 82.1 Å². The number of aromatic nitrogens is 3. The molecule has 13 heteroatoms. The number of pyridine rings is 1. The molecule has 6 heterocycles. The Kier molecular flexibility index (Phi) is 11.0. The molecule has 2 saturated heterocycles. The Morgan fingerprint density at radius 3 is 2.41 bits per heavy atom. The number of unbranched alkanes of at least 4 members (excludes halogenated alkanes) is 5. The number of thiophene rings is 1. The number of fused-ring (bicyclic) bond motifs is 6. The highest BCUT2D eigenvalue weighted by Crippen LogP contribution is 2.41. The van der Waals surface area contributed by atoms with Gasteiger partial charge in [0, 0.05) is 79.0 Å². The fraction of sp³-hybridized carbons (Fsp3) is 0.413. The summed E-state index contributed by atoms with van der Waals surface area (Å²) in [6.45, 7) is 8.08. The van der Waals surface area contributed by atoms with Gasteiger partial charge in [-0.05, 0) is 93.2 Å². The minimum atomic E-state index is -0.656. The van der Waals surface area contributed by atoms with Crippen LogP contribution in [0.15, 0.2) is 71.5 Å². The first-order valence-corrected chi connectivity index (χ1v) is 22.1. The van der Waals surface area contributed by atoms with Crippen molar-refractivity contribution < 1.29 is 14.4 Å². The Morgan fingerprint density at radius 1 is 0.831 bits per heavy atom. The maximum Gasteiger partial charge on any atom is 0.329 e. The molecule has 9 rings (SSSR count). The van der Waals surface area contributed by atoms with Crippen LogP contribution in [0, 0.1) is 0 Å². The van der Waals surface area contributed by atoms with E-state index in [9.17, 15) is 19.2 Å². The molecule has 0 spiro atoms. The summed E-state index contributed by atoms with van der Waals surface area (Å²) in [5.41, 5.74) is 7.69. The van der Waals surface area contributed by atoms with Crippen molar-refractivity contribution in [2.24, 2.45) is 7.05 Å². The van der Waals surface area contributed by atoms with Crippen LogP contribution in [0.4, 0.5) is 11.4 Å². The number of hydrogen-bond acceptors (Lipinski definition) is 9. The van der Waals surface area contributed by atoms with E-state index < -0.39 is 11.9 Å². The van der Waals surface area contributed by atoms with Crippen molar-refractivity contribution >= 4 is 72.5 Å². The first-order chi connectivity index (χ1) is 28.7. The number of carbonyl (C=O) groups is 3. The van der Waals surface area contributed by atoms with Crippen molar-refractivity contribution in [1.29, 1.82) is 0 Å². The molecule has 3 aliphatic rings. The van der Waals surface area contributed by atoms with Gasteiger partial charge in [-0.15, -0.1) is 11.3 Å². The van der Waals surface area contributed by atoms with Gasteiger partial charge in [-0.1, -0.05) is 43.9 Å². The summed E-state index contributed by atoms with van der Waals surface area (Å²) in [7, 11) is 1.75. The third kappa shape index (κ3) is 7.85. The molecule has 0 radical (unpaired) electrons. The Morgan fingerprint density at radius 2 is 1.61 bits per heavy atom. The van der Waals surface area contributed by atoms with Crippen LogP contribution in [0.1, 0.15) is 79.6 Å². The molecule has 2 atom stereocenters. The second kappa shape index (κ2) is 16.6. The number of nitrogens with zero attached hydrogens (tertiary/aromatic N) is 5. The normalized spacial score (nSPS) is 18.9. The number of imidazole rings is 1. The highest BCUT2D eigenvalue weighted by atomic mass is 32.1. The molecule has 3 N–H and O–H groups in total. The summed E-state index contributed by atoms with van der Waals surface area (Å²) < 4.78 is 4.25. The summed E-state index contributed by atoms with van der Waals surface area (Å²) in [6.07, 6.45) is 8.78. The van der Waals surface area contributed by atoms with Crippen molar-refractivity contribution in [1.82, 2.24) is 29.7 Å². The van der Waals surface area contributed by atoms with E-state index in [1.54, 1.807) is 16.2 Å². The minimum absolute atomic E-state index is 0.0123. The Bertz CT molecular complexity index is 2620. The molecule has 59 heavy (non-hydrogen) atoms. The molecule has 3 aliphatic heterocycles. The van der Waals surface area contributed by atoms with Crippen molar-refractivity contribution in [3.05, 3.63) is 87.7 Å². The number of piperazine rings is 1. The van der Waals surface area contributed by atoms with Gasteiger partial charge < -0.3 is 15.5 Å². The van der Waals surface area contributed by atoms with Crippen LogP contribution >= 0.6 is 11.3 Å². The van der Waals surface area contributed by atoms with Crippen molar-refractivity contribution in [2.45, 2.75) is 76.8 Å². The van der Waals surface area contributed by atoms with E-state index in [4.69, 9.17) is 4.98 Å². The second-order valence-corrected chi connectivity index (χ2v) is 17.6. The van der Waals surface area contributed by atoms with E-state index in [0.717, 1.165) is 99.4 Å². The number of amides is 3. The molecule has 1 unspecified atom stereocenters. The van der Waals surface area contributed by atoms with Gasteiger partial charge in [-0.2, -0.15) is 0 Å². The number of imide groups is 1. The van der Waals surface area contributed by atoms with Gasteiger partial charge in [0.15, 0.2) is 0 Å². The van der Waals surface area contributed by atoms with Gasteiger partial charge >= 0.3 is 5.69 Å². The molecule has 2 fully saturated rings. The highest BCUT2D eigenvalue weighted by molar-refractivity contribution is 7.21. The van der Waals surface area contributed by atoms with Crippen LogP contribution < -0.4 is 26.5 Å². The largest absolute Gasteiger partial charge is 0.381 e. The number of piperidine rings is 1. The summed E-state index contributed by atoms with van der Waals surface area (Å²) in [5.74, 6) is -0.698. The lowest BCUT2D eigenvalue weighted by Crippen LogP contribution is -2.46. The summed E-state index contributed by atoms with van der Waals surface area (Å²) in [5, 5.41) is 11.1. The van der Waals surface area contributed by atoms with Gasteiger partial charge in [0.05, 0.1) is 27.9 Å². The summed E-state index contributed by atoms with van der Waals surface area (Å²) in [6, 6.07) is 22.7. The second-order valence-electron chi connectivity index (χ2n) is 16.5. The van der Waals surface area contributed by atoms with Crippen molar-refractivity contribution in [3.8, 4) is 11.3 Å². The Labute approximate surface area is 347 Å². The predicted molar refractivity (Wildman–Crippen MR) is 237 cm³/mol. The van der Waals surface area contributed by atoms with E-state index in [-0.39, 0.29) is 30.0 Å². The van der Waals surface area contributed by atoms with Crippen LogP contribution in [-0.2, 0) is 23.1 Å². The highest BCUT2D eigenvalue weighted by Gasteiger charge is 2.31. The van der Waals surface area contributed by atoms with E-state index in [2.05, 4.69) is 86.4 Å². The van der Waals surface area contributed by atoms with Gasteiger partial charge in [-0.3, -0.25) is 33.7 Å². The number of rotatable bonds is 12. The van der Waals surface area contributed by atoms with Gasteiger partial charge in [0.1, 0.15) is 10.9 Å². The van der Waals surface area contributed by atoms with Crippen molar-refractivity contribution in [3.63, 3.8) is 0 Å². The smallest absolute Gasteiger partial charge is 0.329 e. The van der Waals surface area contributed by atoms with E-state index >= 15 is 0 Å². The number of carbonyl (C=O) groups excluding carboxylic acids is 3. The number of nitrogens with one attached hydrogen (secondary N) is 3. The van der Waals surface area contributed by atoms with E-state index in [1.165, 1.54) is 54.7 Å². The number of hydrogen-bond donors (Lipinski definition) is 3. The molecule has 3 aromatic heterocycles. The van der Waals surface area contributed by atoms with Crippen LogP contribution in [0.2, 0.25) is 0 Å². The fourth-order valence-electron chi connectivity index (χ4n) is 9.12. The van der Waals surface area contributed by atoms with Gasteiger partial charge in [0.2, 0.25) is 11.8 Å². The fourth-order valence-corrected chi connectivity index (χ4v) is 10.2. The lowest BCUT2D eigenvalue weighted by atomic mass is 10.0. The van der Waals surface area contributed by atoms with Crippen molar-refractivity contribution in [2.75, 3.05) is 49.5 Å². The molecule has 6 aromatic rings. The maximum absolute atomic E-state index is 13.1. The number of anilines is 2. The third-order valence-corrected chi connectivity index (χ3v) is 13.6. The standard InChI is InChI=1S/C46H52N8O4S/c1-29-28-47-42-41-33-15-16-34(49-35(33)17-20-39(41)59-43(42)45(57)48-29)31-11-13-32(14-12-31)53-25-23-52(24-26-53)22-8-6-4-3-5-7-9-30-10-18-36-38(27-30)51(2)46(58)54(36)37-19-21-40(55)50-44(37)56/h10-18,20,27,29,37,47H,3-9,19,21-26,28H2,1-2H3,(H,48,57)(H,50,55,56)/t29-,37?/m1/s1. The lowest BCUT2D eigenvalue weighted by Gasteiger charge is -2.36. The first kappa shape index (κ1) is 39.0. The third-order valence-electron chi connectivity index (χ3n) is 12.5. The molecular formula is C46H52N8O4S. The zero-order valence-corrected chi connectivity index (χ0v) is 34.7. The number of aryl methyl sites for hydroxylation is 2. The Hall–Kier alpha value is -5.53. The monoisotopic (exact) mass is 812 g/mol. The minimum Gasteiger partial charge on any atom is -0.381 e. The van der Waals surface area contributed by atoms with Crippen LogP contribution in [0.3, 0.4) is 0 Å². The molecule has 0 saturated carbocycles. The zero-order valence-electron chi connectivity index (χ0n) is 33.9. The zero-order chi connectivity index (χ0) is 40.6. The SMILES string of the molecule is C[C@@H]1CNc2c(sc3ccc4nc(-c5ccc(N6CCN(CCCCCCCCc7ccc8c(c7)n(C)c(=O)n8C7CCC(=O)NC7=O)CC6)cc5)ccc4c23)C(=O)N1. The average Bonchev–Trinajstić information content (AvgIpc) is 3.70. The first-order valence-electron chi connectivity index (χ1n) is 21.2. The molecule has 306 valence electrons. The van der Waals surface area contributed by atoms with E-state index in [1.807, 2.05) is 13.0 Å². The number of benzene rings is 3. The summed E-state index contributed by atoms with van der Waals surface area (Å²) in [4.78, 5) is 60.9. The van der Waals surface area contributed by atoms with Crippen LogP contribution in [0.25, 0.3) is 43.3 Å². The summed E-state index contributed by atoms with van der Waals surface area (Å²) >= 11 is 1.54. The van der Waals surface area contributed by atoms with Gasteiger partial charge in [0.25, 0.3) is 5.91 Å². The average molecular weight is 813 g/mol. The maximum atomic E-state index is 13.1. The Balaban J connectivity index is 0.703. The van der Waals surface area contributed by atoms with Gasteiger partial charge in [-0.25, -0.2) is 9.78 Å². The van der Waals surface area contributed by atoms with E-state index in [0.29, 0.717) is 13.0 Å². The predicted octanol–water partition coefficient (Wildman–Crippen LogP) is 7.00. The molecule has 12 nitrogen and oxygen atoms in total. The molecule has 3 amide bonds. The van der Waals surface area contributed by atoms with Crippen LogP contribution in [0.5, 0.6) is 0 Å². The topological polar surface area (TPSA) is 134 Å². The molecule has 3 aromatic carbocycles. The molecular weight excluding hydrogens is 761 g/mol. The molecule has 0 aliphatic carbocycles. The quantitative estimate of drug-likeness (QED) is 0.0890. The molecule has 0 bridgehead atoms. The lowest BCUT2D eigenvalue weighted by molar-refractivity contribution is -0.135.